The highest BCUT2D eigenvalue weighted by atomic mass is 16.5. The molecule has 2 aromatic carbocycles. The van der Waals surface area contributed by atoms with Crippen LogP contribution in [-0.2, 0) is 11.2 Å². The lowest BCUT2D eigenvalue weighted by Crippen LogP contribution is -1.96. The molecule has 0 aliphatic rings. The lowest BCUT2D eigenvalue weighted by atomic mass is 9.98. The topological polar surface area (TPSA) is 26.3 Å². The standard InChI is InChI=1S/C17H18O2/c1-13-11-16(19-15-7-4-3-5-8-15)12-14(2)17(13)9-6-10-18/h3-5,7-8,10-12H,6,9H2,1-2H3. The van der Waals surface area contributed by atoms with Gasteiger partial charge in [-0.2, -0.15) is 0 Å². The number of carbonyl (C=O) groups excluding carboxylic acids is 1. The molecule has 0 saturated carbocycles. The van der Waals surface area contributed by atoms with Gasteiger partial charge >= 0.3 is 0 Å². The third-order valence-electron chi connectivity index (χ3n) is 3.16. The van der Waals surface area contributed by atoms with E-state index in [2.05, 4.69) is 13.8 Å². The molecule has 0 fully saturated rings. The maximum atomic E-state index is 10.5. The zero-order chi connectivity index (χ0) is 13.7. The van der Waals surface area contributed by atoms with Crippen LogP contribution in [0.2, 0.25) is 0 Å². The van der Waals surface area contributed by atoms with Gasteiger partial charge in [0.2, 0.25) is 0 Å². The minimum atomic E-state index is 0.570. The highest BCUT2D eigenvalue weighted by molar-refractivity contribution is 5.51. The normalized spacial score (nSPS) is 10.2. The molecule has 2 heteroatoms. The Hall–Kier alpha value is -2.09. The fourth-order valence-electron chi connectivity index (χ4n) is 2.23. The number of para-hydroxylation sites is 1. The second-order valence-corrected chi connectivity index (χ2v) is 4.66. The Labute approximate surface area is 114 Å². The molecule has 0 unspecified atom stereocenters. The number of hydrogen-bond acceptors (Lipinski definition) is 2. The van der Waals surface area contributed by atoms with Crippen LogP contribution in [0.15, 0.2) is 42.5 Å². The minimum absolute atomic E-state index is 0.570. The van der Waals surface area contributed by atoms with Crippen molar-refractivity contribution in [1.29, 1.82) is 0 Å². The summed E-state index contributed by atoms with van der Waals surface area (Å²) in [7, 11) is 0. The van der Waals surface area contributed by atoms with Crippen LogP contribution >= 0.6 is 0 Å². The lowest BCUT2D eigenvalue weighted by molar-refractivity contribution is -0.107. The van der Waals surface area contributed by atoms with Crippen molar-refractivity contribution in [1.82, 2.24) is 0 Å². The second-order valence-electron chi connectivity index (χ2n) is 4.66. The van der Waals surface area contributed by atoms with E-state index in [0.29, 0.717) is 6.42 Å². The SMILES string of the molecule is Cc1cc(Oc2ccccc2)cc(C)c1CCC=O. The first-order valence-corrected chi connectivity index (χ1v) is 6.47. The Morgan fingerprint density at radius 2 is 1.63 bits per heavy atom. The quantitative estimate of drug-likeness (QED) is 0.746. The molecule has 0 atom stereocenters. The fraction of sp³-hybridized carbons (Fsp3) is 0.235. The van der Waals surface area contributed by atoms with Crippen LogP contribution in [0.1, 0.15) is 23.1 Å². The predicted molar refractivity (Wildman–Crippen MR) is 76.8 cm³/mol. The van der Waals surface area contributed by atoms with E-state index in [1.165, 1.54) is 16.7 Å². The molecule has 0 aliphatic carbocycles. The van der Waals surface area contributed by atoms with Gasteiger partial charge < -0.3 is 9.53 Å². The van der Waals surface area contributed by atoms with E-state index in [9.17, 15) is 4.79 Å². The van der Waals surface area contributed by atoms with Crippen molar-refractivity contribution in [3.8, 4) is 11.5 Å². The molecule has 2 aromatic rings. The summed E-state index contributed by atoms with van der Waals surface area (Å²) >= 11 is 0. The second kappa shape index (κ2) is 6.19. The van der Waals surface area contributed by atoms with Gasteiger partial charge in [-0.1, -0.05) is 18.2 Å². The van der Waals surface area contributed by atoms with Crippen molar-refractivity contribution in [2.75, 3.05) is 0 Å². The number of rotatable bonds is 5. The van der Waals surface area contributed by atoms with Crippen LogP contribution in [0, 0.1) is 13.8 Å². The summed E-state index contributed by atoms with van der Waals surface area (Å²) < 4.78 is 5.83. The van der Waals surface area contributed by atoms with Gasteiger partial charge in [0, 0.05) is 6.42 Å². The van der Waals surface area contributed by atoms with Gasteiger partial charge in [-0.15, -0.1) is 0 Å². The fourth-order valence-corrected chi connectivity index (χ4v) is 2.23. The molecule has 0 N–H and O–H groups in total. The third-order valence-corrected chi connectivity index (χ3v) is 3.16. The highest BCUT2D eigenvalue weighted by Crippen LogP contribution is 2.26. The molecule has 19 heavy (non-hydrogen) atoms. The van der Waals surface area contributed by atoms with E-state index in [0.717, 1.165) is 24.2 Å². The van der Waals surface area contributed by atoms with E-state index in [-0.39, 0.29) is 0 Å². The monoisotopic (exact) mass is 254 g/mol. The van der Waals surface area contributed by atoms with E-state index in [1.54, 1.807) is 0 Å². The molecule has 0 aliphatic heterocycles. The molecule has 0 amide bonds. The first kappa shape index (κ1) is 13.3. The molecule has 0 aromatic heterocycles. The zero-order valence-electron chi connectivity index (χ0n) is 11.3. The minimum Gasteiger partial charge on any atom is -0.457 e. The molecule has 0 radical (unpaired) electrons. The summed E-state index contributed by atoms with van der Waals surface area (Å²) in [5.74, 6) is 1.68. The zero-order valence-corrected chi connectivity index (χ0v) is 11.3. The van der Waals surface area contributed by atoms with Crippen molar-refractivity contribution in [2.24, 2.45) is 0 Å². The van der Waals surface area contributed by atoms with Gasteiger partial charge in [0.25, 0.3) is 0 Å². The van der Waals surface area contributed by atoms with Crippen molar-refractivity contribution >= 4 is 6.29 Å². The lowest BCUT2D eigenvalue weighted by Gasteiger charge is -2.12. The Balaban J connectivity index is 2.22. The molecule has 98 valence electrons. The average Bonchev–Trinajstić information content (AvgIpc) is 2.39. The van der Waals surface area contributed by atoms with Crippen molar-refractivity contribution in [3.63, 3.8) is 0 Å². The first-order valence-electron chi connectivity index (χ1n) is 6.47. The number of hydrogen-bond donors (Lipinski definition) is 0. The van der Waals surface area contributed by atoms with E-state index < -0.39 is 0 Å². The maximum Gasteiger partial charge on any atom is 0.127 e. The van der Waals surface area contributed by atoms with Crippen LogP contribution in [0.4, 0.5) is 0 Å². The molecule has 2 rings (SSSR count). The van der Waals surface area contributed by atoms with Gasteiger partial charge in [0.15, 0.2) is 0 Å². The summed E-state index contributed by atoms with van der Waals surface area (Å²) in [6.45, 7) is 4.12. The van der Waals surface area contributed by atoms with Gasteiger partial charge in [-0.3, -0.25) is 0 Å². The van der Waals surface area contributed by atoms with Crippen LogP contribution in [0.3, 0.4) is 0 Å². The number of carbonyl (C=O) groups is 1. The molecular weight excluding hydrogens is 236 g/mol. The van der Waals surface area contributed by atoms with Crippen LogP contribution in [-0.4, -0.2) is 6.29 Å². The van der Waals surface area contributed by atoms with Crippen LogP contribution in [0.25, 0.3) is 0 Å². The van der Waals surface area contributed by atoms with Crippen LogP contribution in [0.5, 0.6) is 11.5 Å². The van der Waals surface area contributed by atoms with Gasteiger partial charge in [-0.05, 0) is 61.2 Å². The Morgan fingerprint density at radius 3 is 2.21 bits per heavy atom. The van der Waals surface area contributed by atoms with Crippen molar-refractivity contribution in [2.45, 2.75) is 26.7 Å². The number of aldehydes is 1. The third kappa shape index (κ3) is 3.44. The van der Waals surface area contributed by atoms with E-state index in [4.69, 9.17) is 4.74 Å². The maximum absolute atomic E-state index is 10.5. The van der Waals surface area contributed by atoms with Gasteiger partial charge in [0.05, 0.1) is 0 Å². The Bertz CT molecular complexity index is 536. The molecule has 0 spiro atoms. The van der Waals surface area contributed by atoms with Crippen LogP contribution < -0.4 is 4.74 Å². The van der Waals surface area contributed by atoms with E-state index in [1.807, 2.05) is 42.5 Å². The Morgan fingerprint density at radius 1 is 1.00 bits per heavy atom. The summed E-state index contributed by atoms with van der Waals surface area (Å²) in [4.78, 5) is 10.5. The van der Waals surface area contributed by atoms with Gasteiger partial charge in [-0.25, -0.2) is 0 Å². The van der Waals surface area contributed by atoms with Crippen molar-refractivity contribution in [3.05, 3.63) is 59.2 Å². The molecule has 0 saturated heterocycles. The number of ether oxygens (including phenoxy) is 1. The summed E-state index contributed by atoms with van der Waals surface area (Å²) in [6.07, 6.45) is 2.33. The van der Waals surface area contributed by atoms with Crippen molar-refractivity contribution < 1.29 is 9.53 Å². The number of aryl methyl sites for hydroxylation is 2. The first-order chi connectivity index (χ1) is 9.20. The smallest absolute Gasteiger partial charge is 0.127 e. The summed E-state index contributed by atoms with van der Waals surface area (Å²) in [6, 6.07) is 13.8. The molecule has 0 heterocycles. The molecule has 0 bridgehead atoms. The summed E-state index contributed by atoms with van der Waals surface area (Å²) in [5.41, 5.74) is 3.59. The largest absolute Gasteiger partial charge is 0.457 e. The number of benzene rings is 2. The molecular formula is C17H18O2. The van der Waals surface area contributed by atoms with E-state index >= 15 is 0 Å². The average molecular weight is 254 g/mol. The van der Waals surface area contributed by atoms with Gasteiger partial charge in [0.1, 0.15) is 17.8 Å². The predicted octanol–water partition coefficient (Wildman–Crippen LogP) is 4.23. The Kier molecular flexibility index (Phi) is 4.35. The molecule has 2 nitrogen and oxygen atoms in total. The highest BCUT2D eigenvalue weighted by Gasteiger charge is 2.06. The summed E-state index contributed by atoms with van der Waals surface area (Å²) in [5, 5.41) is 0.